The van der Waals surface area contributed by atoms with Gasteiger partial charge < -0.3 is 19.3 Å². The quantitative estimate of drug-likeness (QED) is 0.492. The Balaban J connectivity index is 1.47. The van der Waals surface area contributed by atoms with Gasteiger partial charge in [-0.3, -0.25) is 4.79 Å². The Morgan fingerprint density at radius 2 is 1.86 bits per heavy atom. The molecule has 1 aliphatic heterocycles. The molecular formula is C25H29N3O6S. The van der Waals surface area contributed by atoms with Crippen LogP contribution in [0.1, 0.15) is 46.6 Å². The molecule has 0 bridgehead atoms. The first-order chi connectivity index (χ1) is 16.8. The van der Waals surface area contributed by atoms with Crippen LogP contribution >= 0.6 is 0 Å². The van der Waals surface area contributed by atoms with Crippen LogP contribution in [0.2, 0.25) is 0 Å². The number of hydrogen-bond acceptors (Lipinski definition) is 7. The fourth-order valence-corrected chi connectivity index (χ4v) is 5.54. The van der Waals surface area contributed by atoms with Gasteiger partial charge in [-0.15, -0.1) is 0 Å². The van der Waals surface area contributed by atoms with Gasteiger partial charge in [-0.25, -0.2) is 8.42 Å². The van der Waals surface area contributed by atoms with E-state index < -0.39 is 15.9 Å². The number of nitrogens with one attached hydrogen (secondary N) is 1. The molecule has 1 fully saturated rings. The van der Waals surface area contributed by atoms with Gasteiger partial charge in [0.25, 0.3) is 5.91 Å². The van der Waals surface area contributed by atoms with Crippen LogP contribution in [0.3, 0.4) is 0 Å². The van der Waals surface area contributed by atoms with Gasteiger partial charge >= 0.3 is 0 Å². The molecule has 2 heterocycles. The number of ether oxygens (including phenoxy) is 2. The summed E-state index contributed by atoms with van der Waals surface area (Å²) >= 11 is 0. The van der Waals surface area contributed by atoms with Crippen LogP contribution < -0.4 is 14.8 Å². The number of sulfonamides is 1. The Morgan fingerprint density at radius 3 is 2.54 bits per heavy atom. The molecule has 1 N–H and O–H groups in total. The van der Waals surface area contributed by atoms with E-state index in [-0.39, 0.29) is 11.5 Å². The van der Waals surface area contributed by atoms with Gasteiger partial charge in [0, 0.05) is 24.3 Å². The average molecular weight is 500 g/mol. The second-order valence-corrected chi connectivity index (χ2v) is 10.3. The van der Waals surface area contributed by atoms with Gasteiger partial charge in [0.1, 0.15) is 12.4 Å². The molecule has 10 heteroatoms. The van der Waals surface area contributed by atoms with Crippen molar-refractivity contribution >= 4 is 21.6 Å². The molecule has 2 aromatic carbocycles. The van der Waals surface area contributed by atoms with Crippen LogP contribution in [0.4, 0.5) is 5.69 Å². The lowest BCUT2D eigenvalue weighted by Gasteiger charge is -2.26. The number of nitrogens with zero attached hydrogens (tertiary/aromatic N) is 2. The highest BCUT2D eigenvalue weighted by molar-refractivity contribution is 7.89. The normalized spacial score (nSPS) is 14.5. The lowest BCUT2D eigenvalue weighted by Crippen LogP contribution is -2.35. The Morgan fingerprint density at radius 1 is 1.09 bits per heavy atom. The van der Waals surface area contributed by atoms with E-state index in [0.717, 1.165) is 30.5 Å². The molecule has 0 aliphatic carbocycles. The van der Waals surface area contributed by atoms with Crippen molar-refractivity contribution in [2.24, 2.45) is 0 Å². The second kappa shape index (κ2) is 10.5. The SMILES string of the molecule is COc1cc(C(=O)Nc2cccc(S(=O)(=O)N3CCCCC3)c2)ccc1OCc1c(C)noc1C. The summed E-state index contributed by atoms with van der Waals surface area (Å²) in [5.74, 6) is 1.15. The summed E-state index contributed by atoms with van der Waals surface area (Å²) in [7, 11) is -2.10. The molecule has 0 atom stereocenters. The third-order valence-corrected chi connectivity index (χ3v) is 7.92. The molecule has 9 nitrogen and oxygen atoms in total. The molecule has 4 rings (SSSR count). The number of aryl methyl sites for hydroxylation is 2. The van der Waals surface area contributed by atoms with E-state index in [9.17, 15) is 13.2 Å². The number of anilines is 1. The van der Waals surface area contributed by atoms with Crippen molar-refractivity contribution < 1.29 is 27.2 Å². The summed E-state index contributed by atoms with van der Waals surface area (Å²) in [4.78, 5) is 13.1. The van der Waals surface area contributed by atoms with Crippen molar-refractivity contribution in [2.45, 2.75) is 44.6 Å². The monoisotopic (exact) mass is 499 g/mol. The summed E-state index contributed by atoms with van der Waals surface area (Å²) in [6.45, 7) is 4.94. The molecule has 1 aromatic heterocycles. The fourth-order valence-electron chi connectivity index (χ4n) is 3.98. The number of carbonyl (C=O) groups excluding carboxylic acids is 1. The number of amides is 1. The number of methoxy groups -OCH3 is 1. The summed E-state index contributed by atoms with van der Waals surface area (Å²) in [5, 5.41) is 6.69. The predicted molar refractivity (Wildman–Crippen MR) is 130 cm³/mol. The van der Waals surface area contributed by atoms with E-state index in [1.807, 2.05) is 13.8 Å². The molecule has 1 aliphatic rings. The molecule has 0 saturated carbocycles. The standard InChI is InChI=1S/C25H29N3O6S/c1-17-22(18(2)34-27-17)16-33-23-11-10-19(14-24(23)32-3)25(29)26-20-8-7-9-21(15-20)35(30,31)28-12-5-4-6-13-28/h7-11,14-15H,4-6,12-13,16H2,1-3H3,(H,26,29). The second-order valence-electron chi connectivity index (χ2n) is 8.40. The summed E-state index contributed by atoms with van der Waals surface area (Å²) in [6, 6.07) is 11.2. The van der Waals surface area contributed by atoms with E-state index in [1.165, 1.54) is 17.5 Å². The van der Waals surface area contributed by atoms with Gasteiger partial charge in [0.05, 0.1) is 23.3 Å². The van der Waals surface area contributed by atoms with Crippen molar-refractivity contribution in [1.29, 1.82) is 0 Å². The van der Waals surface area contributed by atoms with Gasteiger partial charge in [-0.05, 0) is 63.1 Å². The number of rotatable bonds is 8. The van der Waals surface area contributed by atoms with Gasteiger partial charge in [0.2, 0.25) is 10.0 Å². The van der Waals surface area contributed by atoms with E-state index in [1.54, 1.807) is 36.4 Å². The number of aromatic nitrogens is 1. The molecule has 3 aromatic rings. The maximum absolute atomic E-state index is 13.0. The summed E-state index contributed by atoms with van der Waals surface area (Å²) in [5.41, 5.74) is 2.34. The Kier molecular flexibility index (Phi) is 7.42. The highest BCUT2D eigenvalue weighted by atomic mass is 32.2. The molecule has 1 amide bonds. The third-order valence-electron chi connectivity index (χ3n) is 6.02. The fraction of sp³-hybridized carbons (Fsp3) is 0.360. The lowest BCUT2D eigenvalue weighted by molar-refractivity contribution is 0.102. The summed E-state index contributed by atoms with van der Waals surface area (Å²) < 4.78 is 43.9. The number of hydrogen-bond donors (Lipinski definition) is 1. The van der Waals surface area contributed by atoms with E-state index >= 15 is 0 Å². The zero-order valence-corrected chi connectivity index (χ0v) is 20.9. The lowest BCUT2D eigenvalue weighted by atomic mass is 10.1. The Hall–Kier alpha value is -3.37. The van der Waals surface area contributed by atoms with Gasteiger partial charge in [-0.1, -0.05) is 17.6 Å². The first-order valence-corrected chi connectivity index (χ1v) is 12.9. The zero-order valence-electron chi connectivity index (χ0n) is 20.0. The van der Waals surface area contributed by atoms with Crippen molar-refractivity contribution in [3.63, 3.8) is 0 Å². The summed E-state index contributed by atoms with van der Waals surface area (Å²) in [6.07, 6.45) is 2.75. The van der Waals surface area contributed by atoms with Crippen LogP contribution in [0.25, 0.3) is 0 Å². The molecule has 35 heavy (non-hydrogen) atoms. The van der Waals surface area contributed by atoms with Crippen LogP contribution in [0.5, 0.6) is 11.5 Å². The number of benzene rings is 2. The van der Waals surface area contributed by atoms with Gasteiger partial charge in [0.15, 0.2) is 11.5 Å². The molecular weight excluding hydrogens is 470 g/mol. The van der Waals surface area contributed by atoms with Crippen LogP contribution in [-0.4, -0.2) is 44.0 Å². The Bertz CT molecular complexity index is 1290. The topological polar surface area (TPSA) is 111 Å². The average Bonchev–Trinajstić information content (AvgIpc) is 3.20. The van der Waals surface area contributed by atoms with E-state index in [4.69, 9.17) is 14.0 Å². The van der Waals surface area contributed by atoms with Crippen molar-refractivity contribution in [2.75, 3.05) is 25.5 Å². The maximum Gasteiger partial charge on any atom is 0.255 e. The van der Waals surface area contributed by atoms with Crippen LogP contribution in [0.15, 0.2) is 51.9 Å². The van der Waals surface area contributed by atoms with E-state index in [0.29, 0.717) is 41.6 Å². The molecule has 186 valence electrons. The molecule has 0 radical (unpaired) electrons. The maximum atomic E-state index is 13.0. The van der Waals surface area contributed by atoms with Crippen LogP contribution in [0, 0.1) is 13.8 Å². The van der Waals surface area contributed by atoms with Crippen molar-refractivity contribution in [1.82, 2.24) is 9.46 Å². The van der Waals surface area contributed by atoms with E-state index in [2.05, 4.69) is 10.5 Å². The van der Waals surface area contributed by atoms with Gasteiger partial charge in [-0.2, -0.15) is 4.31 Å². The first kappa shape index (κ1) is 24.7. The molecule has 0 spiro atoms. The molecule has 0 unspecified atom stereocenters. The third kappa shape index (κ3) is 5.49. The predicted octanol–water partition coefficient (Wildman–Crippen LogP) is 4.31. The minimum absolute atomic E-state index is 0.165. The molecule has 1 saturated heterocycles. The van der Waals surface area contributed by atoms with Crippen LogP contribution in [-0.2, 0) is 16.6 Å². The highest BCUT2D eigenvalue weighted by Gasteiger charge is 2.26. The highest BCUT2D eigenvalue weighted by Crippen LogP contribution is 2.30. The zero-order chi connectivity index (χ0) is 25.0. The largest absolute Gasteiger partial charge is 0.493 e. The smallest absolute Gasteiger partial charge is 0.255 e. The Labute approximate surface area is 205 Å². The minimum atomic E-state index is -3.60. The number of piperidine rings is 1. The minimum Gasteiger partial charge on any atom is -0.493 e. The number of carbonyl (C=O) groups is 1. The van der Waals surface area contributed by atoms with Crippen molar-refractivity contribution in [3.05, 3.63) is 65.0 Å². The van der Waals surface area contributed by atoms with Crippen molar-refractivity contribution in [3.8, 4) is 11.5 Å². The first-order valence-electron chi connectivity index (χ1n) is 11.4.